The Morgan fingerprint density at radius 3 is 1.41 bits per heavy atom. The van der Waals surface area contributed by atoms with E-state index in [2.05, 4.69) is 18.8 Å². The molecule has 0 aliphatic rings. The lowest BCUT2D eigenvalue weighted by Crippen LogP contribution is -1.97. The van der Waals surface area contributed by atoms with E-state index < -0.39 is 0 Å². The van der Waals surface area contributed by atoms with Crippen molar-refractivity contribution < 1.29 is 9.84 Å². The molecule has 0 heterocycles. The molecule has 0 saturated carbocycles. The minimum Gasteiger partial charge on any atom is -0.507 e. The van der Waals surface area contributed by atoms with Crippen molar-refractivity contribution in [2.45, 2.75) is 174 Å². The number of aliphatic imine (C=N–C) groups is 1. The second-order valence-electron chi connectivity index (χ2n) is 11.7. The Kier molecular flexibility index (Phi) is 25.5. The first-order valence-electron chi connectivity index (χ1n) is 17.2. The summed E-state index contributed by atoms with van der Waals surface area (Å²) >= 11 is 0. The summed E-state index contributed by atoms with van der Waals surface area (Å²) in [6.45, 7) is 6.12. The van der Waals surface area contributed by atoms with E-state index in [1.54, 1.807) is 6.07 Å². The maximum absolute atomic E-state index is 10.3. The van der Waals surface area contributed by atoms with E-state index in [4.69, 9.17) is 4.74 Å². The highest BCUT2D eigenvalue weighted by Crippen LogP contribution is 2.23. The van der Waals surface area contributed by atoms with Crippen molar-refractivity contribution in [3.05, 3.63) is 23.8 Å². The van der Waals surface area contributed by atoms with E-state index in [-0.39, 0.29) is 5.75 Å². The van der Waals surface area contributed by atoms with Crippen molar-refractivity contribution in [2.75, 3.05) is 13.2 Å². The second-order valence-corrected chi connectivity index (χ2v) is 11.7. The van der Waals surface area contributed by atoms with Gasteiger partial charge in [-0.05, 0) is 25.0 Å². The van der Waals surface area contributed by atoms with E-state index in [0.29, 0.717) is 0 Å². The number of aromatic hydroxyl groups is 1. The monoisotopic (exact) mass is 544 g/mol. The molecular formula is C36H65NO2. The molecule has 0 aliphatic carbocycles. The molecule has 3 nitrogen and oxygen atoms in total. The molecule has 1 aromatic rings. The molecule has 39 heavy (non-hydrogen) atoms. The summed E-state index contributed by atoms with van der Waals surface area (Å²) in [6.07, 6.45) is 35.8. The van der Waals surface area contributed by atoms with Crippen LogP contribution in [0, 0.1) is 0 Å². The number of ether oxygens (including phenoxy) is 1. The number of benzene rings is 1. The highest BCUT2D eigenvalue weighted by molar-refractivity contribution is 5.83. The highest BCUT2D eigenvalue weighted by Gasteiger charge is 2.02. The third-order valence-corrected chi connectivity index (χ3v) is 7.89. The van der Waals surface area contributed by atoms with E-state index in [9.17, 15) is 5.11 Å². The van der Waals surface area contributed by atoms with Crippen LogP contribution in [-0.2, 0) is 0 Å². The average molecular weight is 544 g/mol. The second kappa shape index (κ2) is 28.0. The van der Waals surface area contributed by atoms with Gasteiger partial charge < -0.3 is 9.84 Å². The quantitative estimate of drug-likeness (QED) is 0.0806. The third-order valence-electron chi connectivity index (χ3n) is 7.89. The third kappa shape index (κ3) is 22.9. The molecule has 0 radical (unpaired) electrons. The predicted octanol–water partition coefficient (Wildman–Crippen LogP) is 12.0. The van der Waals surface area contributed by atoms with E-state index in [1.165, 1.54) is 148 Å². The predicted molar refractivity (Wildman–Crippen MR) is 173 cm³/mol. The minimum atomic E-state index is 0.260. The van der Waals surface area contributed by atoms with Gasteiger partial charge in [-0.1, -0.05) is 162 Å². The summed E-state index contributed by atoms with van der Waals surface area (Å²) in [4.78, 5) is 4.54. The van der Waals surface area contributed by atoms with Gasteiger partial charge in [0.05, 0.1) is 6.61 Å². The molecular weight excluding hydrogens is 478 g/mol. The van der Waals surface area contributed by atoms with Gasteiger partial charge in [-0.25, -0.2) is 0 Å². The van der Waals surface area contributed by atoms with Crippen molar-refractivity contribution in [3.63, 3.8) is 0 Å². The fraction of sp³-hybridized carbons (Fsp3) is 0.806. The Balaban J connectivity index is 1.93. The minimum absolute atomic E-state index is 0.260. The van der Waals surface area contributed by atoms with Crippen molar-refractivity contribution in [1.29, 1.82) is 0 Å². The van der Waals surface area contributed by atoms with Gasteiger partial charge in [-0.3, -0.25) is 4.99 Å². The van der Waals surface area contributed by atoms with Gasteiger partial charge in [0.1, 0.15) is 11.5 Å². The summed E-state index contributed by atoms with van der Waals surface area (Å²) in [7, 11) is 0. The van der Waals surface area contributed by atoms with Gasteiger partial charge in [0.2, 0.25) is 0 Å². The van der Waals surface area contributed by atoms with Gasteiger partial charge in [-0.2, -0.15) is 0 Å². The Morgan fingerprint density at radius 1 is 0.564 bits per heavy atom. The number of rotatable bonds is 29. The molecule has 0 fully saturated rings. The first-order valence-corrected chi connectivity index (χ1v) is 17.2. The largest absolute Gasteiger partial charge is 0.507 e. The fourth-order valence-corrected chi connectivity index (χ4v) is 5.24. The number of hydrogen-bond acceptors (Lipinski definition) is 3. The summed E-state index contributed by atoms with van der Waals surface area (Å²) < 4.78 is 5.84. The lowest BCUT2D eigenvalue weighted by atomic mass is 10.0. The van der Waals surface area contributed by atoms with Crippen LogP contribution in [0.2, 0.25) is 0 Å². The van der Waals surface area contributed by atoms with Crippen molar-refractivity contribution in [1.82, 2.24) is 0 Å². The maximum Gasteiger partial charge on any atom is 0.128 e. The van der Waals surface area contributed by atoms with Crippen LogP contribution in [0.25, 0.3) is 0 Å². The lowest BCUT2D eigenvalue weighted by Gasteiger charge is -2.08. The molecule has 0 unspecified atom stereocenters. The molecule has 0 aromatic heterocycles. The Morgan fingerprint density at radius 2 is 0.974 bits per heavy atom. The summed E-state index contributed by atoms with van der Waals surface area (Å²) in [5.74, 6) is 1.01. The Bertz CT molecular complexity index is 672. The zero-order valence-electron chi connectivity index (χ0n) is 26.2. The van der Waals surface area contributed by atoms with Crippen LogP contribution in [0.15, 0.2) is 23.2 Å². The Labute approximate surface area is 243 Å². The normalized spacial score (nSPS) is 11.5. The topological polar surface area (TPSA) is 41.8 Å². The molecule has 1 N–H and O–H groups in total. The molecule has 226 valence electrons. The summed E-state index contributed by atoms with van der Waals surface area (Å²) in [5, 5.41) is 10.3. The molecule has 0 bridgehead atoms. The van der Waals surface area contributed by atoms with Crippen molar-refractivity contribution in [2.24, 2.45) is 4.99 Å². The number of hydrogen-bond donors (Lipinski definition) is 1. The molecule has 0 amide bonds. The smallest absolute Gasteiger partial charge is 0.128 e. The molecule has 1 rings (SSSR count). The van der Waals surface area contributed by atoms with E-state index in [1.807, 2.05) is 18.3 Å². The Hall–Kier alpha value is -1.51. The first-order chi connectivity index (χ1) is 19.3. The number of unbranched alkanes of at least 4 members (excludes halogenated alkanes) is 23. The van der Waals surface area contributed by atoms with Crippen LogP contribution in [0.4, 0.5) is 0 Å². The first kappa shape index (κ1) is 35.5. The van der Waals surface area contributed by atoms with Crippen LogP contribution in [-0.4, -0.2) is 24.5 Å². The summed E-state index contributed by atoms with van der Waals surface area (Å²) in [6, 6.07) is 5.59. The fourth-order valence-electron chi connectivity index (χ4n) is 5.24. The lowest BCUT2D eigenvalue weighted by molar-refractivity contribution is 0.302. The summed E-state index contributed by atoms with van der Waals surface area (Å²) in [5.41, 5.74) is 0.780. The standard InChI is InChI=1S/C36H65NO2/c1-3-5-7-9-11-13-14-15-16-17-18-19-20-22-24-26-30-37-33-34-28-29-35(32-36(34)38)39-31-27-25-23-21-12-10-8-6-4-2/h28-29,32-33,38H,3-27,30-31H2,1-2H3. The van der Waals surface area contributed by atoms with Crippen LogP contribution >= 0.6 is 0 Å². The molecule has 0 spiro atoms. The number of nitrogens with zero attached hydrogens (tertiary/aromatic N) is 1. The van der Waals surface area contributed by atoms with Gasteiger partial charge in [-0.15, -0.1) is 0 Å². The molecule has 0 saturated heterocycles. The van der Waals surface area contributed by atoms with E-state index >= 15 is 0 Å². The van der Waals surface area contributed by atoms with Crippen LogP contribution in [0.1, 0.15) is 180 Å². The zero-order valence-corrected chi connectivity index (χ0v) is 26.2. The highest BCUT2D eigenvalue weighted by atomic mass is 16.5. The van der Waals surface area contributed by atoms with Gasteiger partial charge in [0.15, 0.2) is 0 Å². The van der Waals surface area contributed by atoms with Crippen molar-refractivity contribution >= 4 is 6.21 Å². The molecule has 1 aromatic carbocycles. The van der Waals surface area contributed by atoms with Crippen LogP contribution < -0.4 is 4.74 Å². The number of phenols is 1. The van der Waals surface area contributed by atoms with Gasteiger partial charge in [0.25, 0.3) is 0 Å². The van der Waals surface area contributed by atoms with Crippen LogP contribution in [0.5, 0.6) is 11.5 Å². The zero-order chi connectivity index (χ0) is 28.1. The van der Waals surface area contributed by atoms with Crippen LogP contribution in [0.3, 0.4) is 0 Å². The average Bonchev–Trinajstić information content (AvgIpc) is 2.94. The maximum atomic E-state index is 10.3. The molecule has 3 heteroatoms. The SMILES string of the molecule is CCCCCCCCCCCCCCCCCCN=Cc1ccc(OCCCCCCCCCCC)cc1O. The number of phenolic OH excluding ortho intramolecular Hbond substituents is 1. The van der Waals surface area contributed by atoms with Crippen molar-refractivity contribution in [3.8, 4) is 11.5 Å². The van der Waals surface area contributed by atoms with Gasteiger partial charge >= 0.3 is 0 Å². The molecule has 0 atom stereocenters. The van der Waals surface area contributed by atoms with Gasteiger partial charge in [0, 0.05) is 24.4 Å². The van der Waals surface area contributed by atoms with E-state index in [0.717, 1.165) is 37.3 Å². The molecule has 0 aliphatic heterocycles.